The molecule has 0 unspecified atom stereocenters. The number of rotatable bonds is 10. The first-order valence-electron chi connectivity index (χ1n) is 12.7. The maximum Gasteiger partial charge on any atom is 0.251 e. The third-order valence-corrected chi connectivity index (χ3v) is 7.08. The van der Waals surface area contributed by atoms with Crippen molar-refractivity contribution in [3.05, 3.63) is 46.8 Å². The summed E-state index contributed by atoms with van der Waals surface area (Å²) in [6.07, 6.45) is 3.62. The minimum absolute atomic E-state index is 0.118. The molecule has 0 bridgehead atoms. The van der Waals surface area contributed by atoms with Gasteiger partial charge in [-0.15, -0.1) is 0 Å². The van der Waals surface area contributed by atoms with Crippen LogP contribution in [0.15, 0.2) is 46.8 Å². The van der Waals surface area contributed by atoms with Gasteiger partial charge in [0.25, 0.3) is 5.91 Å². The van der Waals surface area contributed by atoms with Crippen molar-refractivity contribution in [2.75, 3.05) is 37.5 Å². The smallest absolute Gasteiger partial charge is 0.251 e. The van der Waals surface area contributed by atoms with Gasteiger partial charge in [-0.1, -0.05) is 19.9 Å². The summed E-state index contributed by atoms with van der Waals surface area (Å²) in [4.78, 5) is 29.9. The number of hydrogen-bond acceptors (Lipinski definition) is 7. The molecule has 3 heterocycles. The molecule has 0 aliphatic carbocycles. The maximum absolute atomic E-state index is 13.4. The van der Waals surface area contributed by atoms with Gasteiger partial charge in [0.15, 0.2) is 11.6 Å². The number of nitrogens with zero attached hydrogens (tertiary/aromatic N) is 4. The zero-order chi connectivity index (χ0) is 27.6. The standard InChI is InChI=1S/C27H36BrN5O5/c1-17(2)12-21(26(35)29-23-10-11-32(30-23)14-19-16-36-27(3,4)38-19)33-15-18(13-24(33)34)37-22-9-7-8-20(25(22)28)31(5)6/h7-11,13,17,19,21H,12,14-16H2,1-6H3,(H,29,30,35)/t19-,21+/m1/s1. The normalized spacial score (nSPS) is 19.6. The van der Waals surface area contributed by atoms with Crippen LogP contribution in [0.2, 0.25) is 0 Å². The quantitative estimate of drug-likeness (QED) is 0.447. The first-order chi connectivity index (χ1) is 17.9. The van der Waals surface area contributed by atoms with Gasteiger partial charge >= 0.3 is 0 Å². The van der Waals surface area contributed by atoms with Crippen molar-refractivity contribution in [1.29, 1.82) is 0 Å². The Labute approximate surface area is 232 Å². The Balaban J connectivity index is 1.41. The lowest BCUT2D eigenvalue weighted by atomic mass is 10.0. The van der Waals surface area contributed by atoms with E-state index in [0.717, 1.165) is 10.2 Å². The fourth-order valence-electron chi connectivity index (χ4n) is 4.53. The zero-order valence-electron chi connectivity index (χ0n) is 22.7. The highest BCUT2D eigenvalue weighted by Gasteiger charge is 2.36. The van der Waals surface area contributed by atoms with E-state index in [1.54, 1.807) is 21.8 Å². The lowest BCUT2D eigenvalue weighted by Crippen LogP contribution is -2.46. The summed E-state index contributed by atoms with van der Waals surface area (Å²) < 4.78 is 20.1. The van der Waals surface area contributed by atoms with Crippen molar-refractivity contribution in [2.24, 2.45) is 5.92 Å². The zero-order valence-corrected chi connectivity index (χ0v) is 24.3. The molecule has 0 saturated carbocycles. The van der Waals surface area contributed by atoms with Crippen LogP contribution in [0, 0.1) is 5.92 Å². The van der Waals surface area contributed by atoms with Crippen molar-refractivity contribution < 1.29 is 23.8 Å². The van der Waals surface area contributed by atoms with Crippen LogP contribution in [-0.2, 0) is 25.6 Å². The molecule has 1 aromatic heterocycles. The second kappa shape index (κ2) is 11.5. The van der Waals surface area contributed by atoms with Crippen LogP contribution in [0.1, 0.15) is 34.1 Å². The Morgan fingerprint density at radius 1 is 1.32 bits per heavy atom. The van der Waals surface area contributed by atoms with Crippen molar-refractivity contribution in [2.45, 2.75) is 58.6 Å². The third-order valence-electron chi connectivity index (χ3n) is 6.28. The van der Waals surface area contributed by atoms with Crippen LogP contribution in [0.5, 0.6) is 5.75 Å². The van der Waals surface area contributed by atoms with E-state index in [2.05, 4.69) is 26.3 Å². The lowest BCUT2D eigenvalue weighted by molar-refractivity contribution is -0.139. The number of carbonyl (C=O) groups excluding carboxylic acids is 2. The Morgan fingerprint density at radius 3 is 2.74 bits per heavy atom. The molecule has 10 nitrogen and oxygen atoms in total. The number of amides is 2. The average Bonchev–Trinajstić information content (AvgIpc) is 3.51. The van der Waals surface area contributed by atoms with E-state index in [9.17, 15) is 9.59 Å². The predicted molar refractivity (Wildman–Crippen MR) is 148 cm³/mol. The summed E-state index contributed by atoms with van der Waals surface area (Å²) >= 11 is 3.60. The molecule has 2 aliphatic heterocycles. The first kappa shape index (κ1) is 28.1. The fourth-order valence-corrected chi connectivity index (χ4v) is 5.23. The van der Waals surface area contributed by atoms with E-state index in [-0.39, 0.29) is 30.4 Å². The van der Waals surface area contributed by atoms with Gasteiger partial charge in [0.2, 0.25) is 5.91 Å². The number of anilines is 2. The van der Waals surface area contributed by atoms with Crippen LogP contribution in [0.25, 0.3) is 0 Å². The minimum atomic E-state index is -0.672. The average molecular weight is 591 g/mol. The van der Waals surface area contributed by atoms with Gasteiger partial charge in [0.05, 0.1) is 29.9 Å². The van der Waals surface area contributed by atoms with Crippen molar-refractivity contribution >= 4 is 39.2 Å². The van der Waals surface area contributed by atoms with Gasteiger partial charge < -0.3 is 29.3 Å². The molecule has 206 valence electrons. The number of hydrogen-bond donors (Lipinski definition) is 1. The van der Waals surface area contributed by atoms with Gasteiger partial charge in [-0.05, 0) is 54.2 Å². The van der Waals surface area contributed by atoms with Gasteiger partial charge in [-0.2, -0.15) is 5.10 Å². The number of benzene rings is 1. The molecule has 1 saturated heterocycles. The van der Waals surface area contributed by atoms with Gasteiger partial charge in [-0.25, -0.2) is 0 Å². The number of carbonyl (C=O) groups is 2. The largest absolute Gasteiger partial charge is 0.458 e. The van der Waals surface area contributed by atoms with Crippen molar-refractivity contribution in [1.82, 2.24) is 14.7 Å². The van der Waals surface area contributed by atoms with Crippen LogP contribution in [0.3, 0.4) is 0 Å². The van der Waals surface area contributed by atoms with Crippen LogP contribution in [-0.4, -0.2) is 71.7 Å². The number of ether oxygens (including phenoxy) is 3. The first-order valence-corrected chi connectivity index (χ1v) is 13.5. The highest BCUT2D eigenvalue weighted by atomic mass is 79.9. The number of aromatic nitrogens is 2. The topological polar surface area (TPSA) is 98.2 Å². The second-order valence-corrected chi connectivity index (χ2v) is 11.5. The SMILES string of the molecule is CC(C)C[C@@H](C(=O)Nc1ccn(C[C@@H]2COC(C)(C)O2)n1)N1CC(Oc2cccc(N(C)C)c2Br)=CC1=O. The van der Waals surface area contributed by atoms with E-state index in [0.29, 0.717) is 36.9 Å². The van der Waals surface area contributed by atoms with Crippen molar-refractivity contribution in [3.8, 4) is 5.75 Å². The van der Waals surface area contributed by atoms with Crippen LogP contribution < -0.4 is 15.0 Å². The Hall–Kier alpha value is -2.89. The molecule has 4 rings (SSSR count). The number of nitrogens with one attached hydrogen (secondary N) is 1. The molecule has 1 fully saturated rings. The molecule has 11 heteroatoms. The molecule has 0 radical (unpaired) electrons. The summed E-state index contributed by atoms with van der Waals surface area (Å²) in [6, 6.07) is 6.76. The third kappa shape index (κ3) is 6.75. The fraction of sp³-hybridized carbons (Fsp3) is 0.519. The maximum atomic E-state index is 13.4. The van der Waals surface area contributed by atoms with Gasteiger partial charge in [-0.3, -0.25) is 14.3 Å². The molecule has 1 N–H and O–H groups in total. The molecule has 0 spiro atoms. The van der Waals surface area contributed by atoms with Gasteiger partial charge in [0.1, 0.15) is 23.7 Å². The number of halogens is 1. The summed E-state index contributed by atoms with van der Waals surface area (Å²) in [5.41, 5.74) is 0.955. The summed E-state index contributed by atoms with van der Waals surface area (Å²) in [6.45, 7) is 8.99. The molecule has 2 atom stereocenters. The predicted octanol–water partition coefficient (Wildman–Crippen LogP) is 4.02. The van der Waals surface area contributed by atoms with Crippen LogP contribution in [0.4, 0.5) is 11.5 Å². The van der Waals surface area contributed by atoms with E-state index in [1.165, 1.54) is 6.08 Å². The summed E-state index contributed by atoms with van der Waals surface area (Å²) in [5.74, 6) is 0.545. The molecule has 1 aromatic carbocycles. The van der Waals surface area contributed by atoms with E-state index < -0.39 is 11.8 Å². The monoisotopic (exact) mass is 589 g/mol. The Morgan fingerprint density at radius 2 is 2.08 bits per heavy atom. The molecule has 2 amide bonds. The summed E-state index contributed by atoms with van der Waals surface area (Å²) in [5, 5.41) is 7.36. The second-order valence-electron chi connectivity index (χ2n) is 10.7. The highest BCUT2D eigenvalue weighted by Crippen LogP contribution is 2.35. The minimum Gasteiger partial charge on any atom is -0.458 e. The summed E-state index contributed by atoms with van der Waals surface area (Å²) in [7, 11) is 3.89. The van der Waals surface area contributed by atoms with Crippen molar-refractivity contribution in [3.63, 3.8) is 0 Å². The van der Waals surface area contributed by atoms with E-state index >= 15 is 0 Å². The van der Waals surface area contributed by atoms with E-state index in [1.807, 2.05) is 64.9 Å². The highest BCUT2D eigenvalue weighted by molar-refractivity contribution is 9.10. The molecule has 38 heavy (non-hydrogen) atoms. The Bertz CT molecular complexity index is 1210. The molecule has 2 aromatic rings. The molecular formula is C27H36BrN5O5. The van der Waals surface area contributed by atoms with Gasteiger partial charge in [0, 0.05) is 32.4 Å². The van der Waals surface area contributed by atoms with E-state index in [4.69, 9.17) is 14.2 Å². The molecule has 2 aliphatic rings. The van der Waals surface area contributed by atoms with Crippen LogP contribution >= 0.6 is 15.9 Å². The molecular weight excluding hydrogens is 554 g/mol. The Kier molecular flexibility index (Phi) is 8.49. The lowest BCUT2D eigenvalue weighted by Gasteiger charge is -2.28.